The van der Waals surface area contributed by atoms with Crippen LogP contribution < -0.4 is 15.5 Å². The van der Waals surface area contributed by atoms with Gasteiger partial charge in [-0.2, -0.15) is 0 Å². The lowest BCUT2D eigenvalue weighted by Gasteiger charge is -2.10. The van der Waals surface area contributed by atoms with Gasteiger partial charge in [-0.1, -0.05) is 0 Å². The molecule has 0 fully saturated rings. The second-order valence-corrected chi connectivity index (χ2v) is 8.47. The fraction of sp³-hybridized carbons (Fsp3) is 0.0476. The van der Waals surface area contributed by atoms with E-state index in [9.17, 15) is 28.2 Å². The van der Waals surface area contributed by atoms with Crippen molar-refractivity contribution in [2.75, 3.05) is 10.0 Å². The highest BCUT2D eigenvalue weighted by Crippen LogP contribution is 2.31. The molecule has 0 spiro atoms. The van der Waals surface area contributed by atoms with Gasteiger partial charge >= 0.3 is 0 Å². The lowest BCUT2D eigenvalue weighted by Crippen LogP contribution is -2.13. The zero-order chi connectivity index (χ0) is 22.3. The SMILES string of the molecule is CC(=O)Nc1ccc(S(=O)(=O)Nc2ccc3c(=O)c4c(O)cc(O)cc4oc3c2)cc1. The predicted octanol–water partition coefficient (Wildman–Crippen LogP) is 3.12. The number of nitrogens with one attached hydrogen (secondary N) is 2. The van der Waals surface area contributed by atoms with Gasteiger partial charge in [-0.15, -0.1) is 0 Å². The van der Waals surface area contributed by atoms with Gasteiger partial charge in [-0.05, 0) is 36.4 Å². The third-order valence-corrected chi connectivity index (χ3v) is 5.87. The molecule has 4 N–H and O–H groups in total. The molecule has 0 atom stereocenters. The molecule has 0 aliphatic carbocycles. The number of carbonyl (C=O) groups excluding carboxylic acids is 1. The maximum Gasteiger partial charge on any atom is 0.261 e. The van der Waals surface area contributed by atoms with Crippen molar-refractivity contribution in [3.05, 3.63) is 64.8 Å². The Balaban J connectivity index is 1.72. The van der Waals surface area contributed by atoms with Crippen LogP contribution in [-0.2, 0) is 14.8 Å². The zero-order valence-corrected chi connectivity index (χ0v) is 16.9. The summed E-state index contributed by atoms with van der Waals surface area (Å²) >= 11 is 0. The van der Waals surface area contributed by atoms with E-state index in [1.165, 1.54) is 55.5 Å². The van der Waals surface area contributed by atoms with Crippen LogP contribution >= 0.6 is 0 Å². The molecule has 0 radical (unpaired) electrons. The first kappa shape index (κ1) is 20.2. The van der Waals surface area contributed by atoms with Crippen LogP contribution in [0.25, 0.3) is 21.9 Å². The Hall–Kier alpha value is -4.05. The van der Waals surface area contributed by atoms with Crippen molar-refractivity contribution in [1.82, 2.24) is 0 Å². The second kappa shape index (κ2) is 7.33. The molecule has 4 rings (SSSR count). The zero-order valence-electron chi connectivity index (χ0n) is 16.0. The molecule has 0 unspecified atom stereocenters. The summed E-state index contributed by atoms with van der Waals surface area (Å²) < 4.78 is 33.4. The highest BCUT2D eigenvalue weighted by molar-refractivity contribution is 7.92. The fourth-order valence-corrected chi connectivity index (χ4v) is 4.19. The summed E-state index contributed by atoms with van der Waals surface area (Å²) in [5.41, 5.74) is 0.117. The maximum absolute atomic E-state index is 12.7. The number of fused-ring (bicyclic) bond motifs is 2. The van der Waals surface area contributed by atoms with Crippen LogP contribution in [-0.4, -0.2) is 24.5 Å². The topological polar surface area (TPSA) is 146 Å². The lowest BCUT2D eigenvalue weighted by molar-refractivity contribution is -0.114. The molecule has 0 saturated carbocycles. The van der Waals surface area contributed by atoms with Crippen molar-refractivity contribution in [2.24, 2.45) is 0 Å². The summed E-state index contributed by atoms with van der Waals surface area (Å²) in [6, 6.07) is 11.9. The van der Waals surface area contributed by atoms with E-state index in [1.807, 2.05) is 0 Å². The number of amides is 1. The highest BCUT2D eigenvalue weighted by atomic mass is 32.2. The summed E-state index contributed by atoms with van der Waals surface area (Å²) in [5.74, 6) is -0.981. The number of phenolic OH excluding ortho intramolecular Hbond substituents is 2. The quantitative estimate of drug-likeness (QED) is 0.357. The molecule has 1 aromatic heterocycles. The number of sulfonamides is 1. The van der Waals surface area contributed by atoms with Crippen LogP contribution in [0, 0.1) is 0 Å². The van der Waals surface area contributed by atoms with Gasteiger partial charge in [-0.25, -0.2) is 8.42 Å². The number of phenols is 2. The van der Waals surface area contributed by atoms with E-state index in [-0.39, 0.29) is 44.2 Å². The first-order valence-corrected chi connectivity index (χ1v) is 10.5. The predicted molar refractivity (Wildman–Crippen MR) is 115 cm³/mol. The van der Waals surface area contributed by atoms with Crippen LogP contribution in [0.3, 0.4) is 0 Å². The average Bonchev–Trinajstić information content (AvgIpc) is 2.67. The molecule has 0 aliphatic rings. The summed E-state index contributed by atoms with van der Waals surface area (Å²) in [6.07, 6.45) is 0. The monoisotopic (exact) mass is 440 g/mol. The third-order valence-electron chi connectivity index (χ3n) is 4.48. The molecule has 4 aromatic rings. The minimum Gasteiger partial charge on any atom is -0.508 e. The van der Waals surface area contributed by atoms with Crippen molar-refractivity contribution in [2.45, 2.75) is 11.8 Å². The van der Waals surface area contributed by atoms with Gasteiger partial charge in [0.05, 0.1) is 16.0 Å². The molecule has 0 saturated heterocycles. The Morgan fingerprint density at radius 3 is 2.29 bits per heavy atom. The Morgan fingerprint density at radius 2 is 1.61 bits per heavy atom. The van der Waals surface area contributed by atoms with Gasteiger partial charge in [0, 0.05) is 30.8 Å². The van der Waals surface area contributed by atoms with E-state index in [4.69, 9.17) is 4.42 Å². The van der Waals surface area contributed by atoms with E-state index in [1.54, 1.807) is 0 Å². The van der Waals surface area contributed by atoms with Gasteiger partial charge in [0.15, 0.2) is 0 Å². The molecule has 10 heteroatoms. The summed E-state index contributed by atoms with van der Waals surface area (Å²) in [6.45, 7) is 1.34. The third kappa shape index (κ3) is 3.88. The van der Waals surface area contributed by atoms with Crippen molar-refractivity contribution in [3.8, 4) is 11.5 Å². The standard InChI is InChI=1S/C21H16N2O7S/c1-11(24)22-12-2-5-15(6-3-12)31(28,29)23-13-4-7-16-18(8-13)30-19-10-14(25)9-17(26)20(19)21(16)27/h2-10,23,25-26H,1H3,(H,22,24). The largest absolute Gasteiger partial charge is 0.508 e. The minimum absolute atomic E-state index is 0.0310. The van der Waals surface area contributed by atoms with Gasteiger partial charge in [0.2, 0.25) is 11.3 Å². The summed E-state index contributed by atoms with van der Waals surface area (Å²) in [4.78, 5) is 23.7. The first-order chi connectivity index (χ1) is 14.6. The van der Waals surface area contributed by atoms with Crippen LogP contribution in [0.2, 0.25) is 0 Å². The molecular formula is C21H16N2O7S. The van der Waals surface area contributed by atoms with Crippen molar-refractivity contribution < 1.29 is 27.8 Å². The number of hydrogen-bond acceptors (Lipinski definition) is 7. The molecule has 3 aromatic carbocycles. The fourth-order valence-electron chi connectivity index (χ4n) is 3.14. The number of aromatic hydroxyl groups is 2. The number of rotatable bonds is 4. The second-order valence-electron chi connectivity index (χ2n) is 6.79. The Bertz CT molecular complexity index is 1510. The smallest absolute Gasteiger partial charge is 0.261 e. The van der Waals surface area contributed by atoms with E-state index in [2.05, 4.69) is 10.0 Å². The molecule has 1 heterocycles. The molecule has 31 heavy (non-hydrogen) atoms. The number of carbonyl (C=O) groups is 1. The van der Waals surface area contributed by atoms with E-state index in [0.717, 1.165) is 6.07 Å². The molecule has 1 amide bonds. The summed E-state index contributed by atoms with van der Waals surface area (Å²) in [5, 5.41) is 22.2. The van der Waals surface area contributed by atoms with Crippen molar-refractivity contribution in [1.29, 1.82) is 0 Å². The van der Waals surface area contributed by atoms with Crippen LogP contribution in [0.4, 0.5) is 11.4 Å². The highest BCUT2D eigenvalue weighted by Gasteiger charge is 2.17. The van der Waals surface area contributed by atoms with Gasteiger partial charge in [0.25, 0.3) is 10.0 Å². The van der Waals surface area contributed by atoms with Crippen molar-refractivity contribution >= 4 is 49.2 Å². The van der Waals surface area contributed by atoms with Crippen molar-refractivity contribution in [3.63, 3.8) is 0 Å². The van der Waals surface area contributed by atoms with E-state index in [0.29, 0.717) is 5.69 Å². The number of anilines is 2. The molecule has 9 nitrogen and oxygen atoms in total. The molecular weight excluding hydrogens is 424 g/mol. The Morgan fingerprint density at radius 1 is 0.935 bits per heavy atom. The van der Waals surface area contributed by atoms with Crippen LogP contribution in [0.15, 0.2) is 68.7 Å². The average molecular weight is 440 g/mol. The number of hydrogen-bond donors (Lipinski definition) is 4. The van der Waals surface area contributed by atoms with E-state index >= 15 is 0 Å². The molecule has 0 bridgehead atoms. The Kier molecular flexibility index (Phi) is 4.78. The van der Waals surface area contributed by atoms with Gasteiger partial charge in [-0.3, -0.25) is 14.3 Å². The normalized spacial score (nSPS) is 11.5. The lowest BCUT2D eigenvalue weighted by atomic mass is 10.1. The first-order valence-electron chi connectivity index (χ1n) is 8.97. The summed E-state index contributed by atoms with van der Waals surface area (Å²) in [7, 11) is -3.96. The van der Waals surface area contributed by atoms with Gasteiger partial charge < -0.3 is 19.9 Å². The number of benzene rings is 3. The maximum atomic E-state index is 12.7. The molecule has 0 aliphatic heterocycles. The molecule has 158 valence electrons. The Labute approximate surface area is 175 Å². The van der Waals surface area contributed by atoms with E-state index < -0.39 is 21.2 Å². The van der Waals surface area contributed by atoms with Crippen LogP contribution in [0.5, 0.6) is 11.5 Å². The minimum atomic E-state index is -3.96. The van der Waals surface area contributed by atoms with Crippen LogP contribution in [0.1, 0.15) is 6.92 Å². The van der Waals surface area contributed by atoms with Gasteiger partial charge in [0.1, 0.15) is 28.1 Å².